The first kappa shape index (κ1) is 16.4. The van der Waals surface area contributed by atoms with Gasteiger partial charge in [-0.3, -0.25) is 9.59 Å². The number of ether oxygens (including phenoxy) is 2. The molecule has 0 fully saturated rings. The molecule has 1 aliphatic heterocycles. The first-order chi connectivity index (χ1) is 10.3. The van der Waals surface area contributed by atoms with E-state index < -0.39 is 11.4 Å². The van der Waals surface area contributed by atoms with Crippen LogP contribution in [0.5, 0.6) is 11.5 Å². The van der Waals surface area contributed by atoms with Gasteiger partial charge in [0.1, 0.15) is 13.2 Å². The molecule has 0 aliphatic carbocycles. The van der Waals surface area contributed by atoms with Gasteiger partial charge in [-0.05, 0) is 31.5 Å². The maximum Gasteiger partial charge on any atom is 0.310 e. The summed E-state index contributed by atoms with van der Waals surface area (Å²) in [4.78, 5) is 22.9. The van der Waals surface area contributed by atoms with Crippen LogP contribution in [0.1, 0.15) is 19.4 Å². The molecule has 0 aromatic heterocycles. The SMILES string of the molecule is CC(C)(CNC(=O)Cc1cc(Cl)c2c(c1)OCCO2)C(=O)O. The van der Waals surface area contributed by atoms with Crippen LogP contribution >= 0.6 is 11.6 Å². The lowest BCUT2D eigenvalue weighted by molar-refractivity contribution is -0.146. The van der Waals surface area contributed by atoms with Gasteiger partial charge in [0, 0.05) is 6.54 Å². The fourth-order valence-corrected chi connectivity index (χ4v) is 2.20. The number of rotatable bonds is 5. The Bertz CT molecular complexity index is 600. The van der Waals surface area contributed by atoms with E-state index in [0.29, 0.717) is 35.3 Å². The molecule has 1 heterocycles. The van der Waals surface area contributed by atoms with Gasteiger partial charge in [-0.2, -0.15) is 0 Å². The number of hydrogen-bond acceptors (Lipinski definition) is 4. The smallest absolute Gasteiger partial charge is 0.310 e. The summed E-state index contributed by atoms with van der Waals surface area (Å²) in [5.74, 6) is -0.228. The molecule has 1 aromatic rings. The third kappa shape index (κ3) is 3.82. The lowest BCUT2D eigenvalue weighted by Gasteiger charge is -2.21. The molecule has 1 aliphatic rings. The lowest BCUT2D eigenvalue weighted by Crippen LogP contribution is -2.39. The molecule has 1 amide bonds. The molecule has 1 aromatic carbocycles. The van der Waals surface area contributed by atoms with E-state index in [0.717, 1.165) is 0 Å². The highest BCUT2D eigenvalue weighted by molar-refractivity contribution is 6.32. The summed E-state index contributed by atoms with van der Waals surface area (Å²) in [6.07, 6.45) is 0.0893. The Balaban J connectivity index is 2.00. The van der Waals surface area contributed by atoms with Crippen LogP contribution < -0.4 is 14.8 Å². The van der Waals surface area contributed by atoms with E-state index in [2.05, 4.69) is 5.32 Å². The van der Waals surface area contributed by atoms with E-state index in [1.54, 1.807) is 26.0 Å². The maximum absolute atomic E-state index is 11.9. The summed E-state index contributed by atoms with van der Waals surface area (Å²) < 4.78 is 10.9. The van der Waals surface area contributed by atoms with Crippen molar-refractivity contribution in [2.45, 2.75) is 20.3 Å². The first-order valence-corrected chi connectivity index (χ1v) is 7.25. The molecule has 120 valence electrons. The van der Waals surface area contributed by atoms with Crippen LogP contribution in [0.15, 0.2) is 12.1 Å². The first-order valence-electron chi connectivity index (χ1n) is 6.88. The Labute approximate surface area is 133 Å². The quantitative estimate of drug-likeness (QED) is 0.862. The van der Waals surface area contributed by atoms with Gasteiger partial charge in [-0.25, -0.2) is 0 Å². The van der Waals surface area contributed by atoms with Crippen LogP contribution in [-0.2, 0) is 16.0 Å². The van der Waals surface area contributed by atoms with E-state index in [9.17, 15) is 9.59 Å². The Hall–Kier alpha value is -1.95. The second-order valence-electron chi connectivity index (χ2n) is 5.74. The highest BCUT2D eigenvalue weighted by atomic mass is 35.5. The van der Waals surface area contributed by atoms with Crippen LogP contribution in [-0.4, -0.2) is 36.7 Å². The number of aliphatic carboxylic acids is 1. The molecule has 7 heteroatoms. The molecule has 0 unspecified atom stereocenters. The molecule has 0 spiro atoms. The minimum atomic E-state index is -1.01. The molecule has 0 saturated heterocycles. The lowest BCUT2D eigenvalue weighted by atomic mass is 9.94. The minimum Gasteiger partial charge on any atom is -0.486 e. The summed E-state index contributed by atoms with van der Waals surface area (Å²) >= 11 is 6.11. The van der Waals surface area contributed by atoms with Gasteiger partial charge in [0.2, 0.25) is 5.91 Å². The zero-order valence-corrected chi connectivity index (χ0v) is 13.2. The molecule has 0 radical (unpaired) electrons. The number of carbonyl (C=O) groups is 2. The summed E-state index contributed by atoms with van der Waals surface area (Å²) in [5, 5.41) is 12.0. The monoisotopic (exact) mass is 327 g/mol. The predicted octanol–water partition coefficient (Wildman–Crippen LogP) is 1.88. The van der Waals surface area contributed by atoms with Crippen LogP contribution in [0.4, 0.5) is 0 Å². The number of hydrogen-bond donors (Lipinski definition) is 2. The molecule has 0 saturated carbocycles. The largest absolute Gasteiger partial charge is 0.486 e. The standard InChI is InChI=1S/C15H18ClNO5/c1-15(2,14(19)20)8-17-12(18)7-9-5-10(16)13-11(6-9)21-3-4-22-13/h5-6H,3-4,7-8H2,1-2H3,(H,17,18)(H,19,20). The van der Waals surface area contributed by atoms with Crippen molar-refractivity contribution in [1.29, 1.82) is 0 Å². The topological polar surface area (TPSA) is 84.9 Å². The molecule has 6 nitrogen and oxygen atoms in total. The second kappa shape index (κ2) is 6.44. The van der Waals surface area contributed by atoms with E-state index >= 15 is 0 Å². The third-order valence-corrected chi connectivity index (χ3v) is 3.61. The highest BCUT2D eigenvalue weighted by Crippen LogP contribution is 2.38. The highest BCUT2D eigenvalue weighted by Gasteiger charge is 2.27. The number of amides is 1. The number of fused-ring (bicyclic) bond motifs is 1. The predicted molar refractivity (Wildman–Crippen MR) is 80.6 cm³/mol. The van der Waals surface area contributed by atoms with Crippen LogP contribution in [0.3, 0.4) is 0 Å². The Morgan fingerprint density at radius 2 is 2.00 bits per heavy atom. The number of carboxylic acids is 1. The van der Waals surface area contributed by atoms with Crippen LogP contribution in [0.25, 0.3) is 0 Å². The van der Waals surface area contributed by atoms with Crippen molar-refractivity contribution in [3.8, 4) is 11.5 Å². The van der Waals surface area contributed by atoms with Gasteiger partial charge in [-0.15, -0.1) is 0 Å². The number of halogens is 1. The Morgan fingerprint density at radius 1 is 1.32 bits per heavy atom. The van der Waals surface area contributed by atoms with Crippen molar-refractivity contribution in [1.82, 2.24) is 5.32 Å². The zero-order chi connectivity index (χ0) is 16.3. The fourth-order valence-electron chi connectivity index (χ4n) is 1.91. The van der Waals surface area contributed by atoms with Crippen molar-refractivity contribution < 1.29 is 24.2 Å². The number of benzene rings is 1. The van der Waals surface area contributed by atoms with Crippen molar-refractivity contribution >= 4 is 23.5 Å². The Morgan fingerprint density at radius 3 is 2.68 bits per heavy atom. The molecular weight excluding hydrogens is 310 g/mol. The summed E-state index contributed by atoms with van der Waals surface area (Å²) in [6, 6.07) is 3.36. The molecular formula is C15H18ClNO5. The molecule has 2 rings (SSSR count). The maximum atomic E-state index is 11.9. The summed E-state index contributed by atoms with van der Waals surface area (Å²) in [5.41, 5.74) is -0.333. The van der Waals surface area contributed by atoms with E-state index in [-0.39, 0.29) is 18.9 Å². The number of nitrogens with one attached hydrogen (secondary N) is 1. The average Bonchev–Trinajstić information content (AvgIpc) is 2.45. The van der Waals surface area contributed by atoms with Crippen molar-refractivity contribution in [2.24, 2.45) is 5.41 Å². The van der Waals surface area contributed by atoms with Crippen LogP contribution in [0.2, 0.25) is 5.02 Å². The van der Waals surface area contributed by atoms with Gasteiger partial charge in [-0.1, -0.05) is 11.6 Å². The normalized spacial score (nSPS) is 13.6. The van der Waals surface area contributed by atoms with Crippen molar-refractivity contribution in [3.05, 3.63) is 22.7 Å². The van der Waals surface area contributed by atoms with E-state index in [1.165, 1.54) is 0 Å². The molecule has 0 atom stereocenters. The molecule has 0 bridgehead atoms. The summed E-state index contributed by atoms with van der Waals surface area (Å²) in [6.45, 7) is 4.04. The zero-order valence-electron chi connectivity index (χ0n) is 12.4. The number of carboxylic acid groups (broad SMARTS) is 1. The fraction of sp³-hybridized carbons (Fsp3) is 0.467. The minimum absolute atomic E-state index is 0.0550. The molecule has 2 N–H and O–H groups in total. The van der Waals surface area contributed by atoms with E-state index in [1.807, 2.05) is 0 Å². The van der Waals surface area contributed by atoms with Gasteiger partial charge in [0.25, 0.3) is 0 Å². The summed E-state index contributed by atoms with van der Waals surface area (Å²) in [7, 11) is 0. The third-order valence-electron chi connectivity index (χ3n) is 3.33. The van der Waals surface area contributed by atoms with Crippen molar-refractivity contribution in [3.63, 3.8) is 0 Å². The van der Waals surface area contributed by atoms with E-state index in [4.69, 9.17) is 26.2 Å². The van der Waals surface area contributed by atoms with Gasteiger partial charge >= 0.3 is 5.97 Å². The van der Waals surface area contributed by atoms with Gasteiger partial charge < -0.3 is 19.9 Å². The number of carbonyl (C=O) groups excluding carboxylic acids is 1. The second-order valence-corrected chi connectivity index (χ2v) is 6.15. The molecule has 22 heavy (non-hydrogen) atoms. The van der Waals surface area contributed by atoms with Gasteiger partial charge in [0.15, 0.2) is 11.5 Å². The Kier molecular flexibility index (Phi) is 4.81. The van der Waals surface area contributed by atoms with Gasteiger partial charge in [0.05, 0.1) is 16.9 Å². The van der Waals surface area contributed by atoms with Crippen molar-refractivity contribution in [2.75, 3.05) is 19.8 Å². The average molecular weight is 328 g/mol. The van der Waals surface area contributed by atoms with Crippen LogP contribution in [0, 0.1) is 5.41 Å².